The number of aliphatic hydroxyl groups is 1. The molecule has 120 valence electrons. The van der Waals surface area contributed by atoms with E-state index in [1.54, 1.807) is 0 Å². The molecule has 6 heteroatoms. The van der Waals surface area contributed by atoms with E-state index in [1.165, 1.54) is 5.56 Å². The quantitative estimate of drug-likeness (QED) is 0.886. The Morgan fingerprint density at radius 2 is 1.87 bits per heavy atom. The molecule has 0 spiro atoms. The molecule has 0 radical (unpaired) electrons. The van der Waals surface area contributed by atoms with E-state index in [1.807, 2.05) is 36.7 Å². The van der Waals surface area contributed by atoms with Crippen LogP contribution in [0.5, 0.6) is 0 Å². The molecule has 0 aliphatic carbocycles. The summed E-state index contributed by atoms with van der Waals surface area (Å²) in [6.45, 7) is 1.77. The van der Waals surface area contributed by atoms with Gasteiger partial charge in [-0.1, -0.05) is 11.6 Å². The Bertz CT molecular complexity index is 685. The third-order valence-corrected chi connectivity index (χ3v) is 4.82. The zero-order valence-electron chi connectivity index (χ0n) is 12.7. The third kappa shape index (κ3) is 2.81. The van der Waals surface area contributed by atoms with Gasteiger partial charge in [0.05, 0.1) is 23.7 Å². The Morgan fingerprint density at radius 3 is 2.61 bits per heavy atom. The maximum atomic E-state index is 9.74. The predicted molar refractivity (Wildman–Crippen MR) is 90.5 cm³/mol. The molecule has 1 fully saturated rings. The molecule has 0 bridgehead atoms. The second kappa shape index (κ2) is 6.09. The fourth-order valence-corrected chi connectivity index (χ4v) is 3.43. The van der Waals surface area contributed by atoms with E-state index in [0.717, 1.165) is 42.3 Å². The molecule has 1 saturated heterocycles. The van der Waals surface area contributed by atoms with Crippen molar-refractivity contribution >= 4 is 23.0 Å². The van der Waals surface area contributed by atoms with Gasteiger partial charge in [-0.25, -0.2) is 5.43 Å². The number of nitrogens with zero attached hydrogens (tertiary/aromatic N) is 3. The van der Waals surface area contributed by atoms with Gasteiger partial charge < -0.3 is 5.11 Å². The maximum Gasteiger partial charge on any atom is 0.106 e. The maximum absolute atomic E-state index is 9.74. The lowest BCUT2D eigenvalue weighted by Gasteiger charge is -2.35. The highest BCUT2D eigenvalue weighted by Gasteiger charge is 2.34. The first-order valence-corrected chi connectivity index (χ1v) is 8.28. The van der Waals surface area contributed by atoms with Crippen molar-refractivity contribution in [1.82, 2.24) is 15.3 Å². The van der Waals surface area contributed by atoms with Crippen LogP contribution in [0.2, 0.25) is 5.02 Å². The van der Waals surface area contributed by atoms with Gasteiger partial charge in [-0.3, -0.25) is 14.9 Å². The summed E-state index contributed by atoms with van der Waals surface area (Å²) in [5.41, 5.74) is 6.88. The number of aromatic nitrogens is 1. The van der Waals surface area contributed by atoms with Crippen LogP contribution in [-0.4, -0.2) is 34.2 Å². The number of rotatable bonds is 2. The van der Waals surface area contributed by atoms with Gasteiger partial charge >= 0.3 is 0 Å². The number of fused-ring (bicyclic) bond motifs is 1. The molecule has 2 N–H and O–H groups in total. The van der Waals surface area contributed by atoms with Gasteiger partial charge in [-0.2, -0.15) is 0 Å². The number of likely N-dealkylation sites (tertiary alicyclic amines) is 1. The fourth-order valence-electron chi connectivity index (χ4n) is 3.30. The van der Waals surface area contributed by atoms with Crippen LogP contribution in [0.3, 0.4) is 0 Å². The lowest BCUT2D eigenvalue weighted by atomic mass is 10.1. The lowest BCUT2D eigenvalue weighted by molar-refractivity contribution is 0.0542. The number of piperidine rings is 1. The van der Waals surface area contributed by atoms with E-state index in [-0.39, 0.29) is 12.3 Å². The molecular formula is C17H19ClN4O. The van der Waals surface area contributed by atoms with Crippen molar-refractivity contribution in [1.29, 1.82) is 0 Å². The summed E-state index contributed by atoms with van der Waals surface area (Å²) in [6.07, 6.45) is 5.29. The van der Waals surface area contributed by atoms with Crippen LogP contribution < -0.4 is 10.4 Å². The van der Waals surface area contributed by atoms with Gasteiger partial charge in [0.2, 0.25) is 0 Å². The number of hydrazine groups is 1. The standard InChI is InChI=1S/C17H19ClN4O/c18-12-1-3-13(4-2-12)22-16-11-19-8-5-15(16)17(20-22)21-9-6-14(23)7-10-21/h1-5,8,11,14,17,20,23H,6-7,9-10H2. The molecule has 1 unspecified atom stereocenters. The van der Waals surface area contributed by atoms with Crippen LogP contribution in [0.1, 0.15) is 24.6 Å². The number of aliphatic hydroxyl groups excluding tert-OH is 1. The Labute approximate surface area is 140 Å². The SMILES string of the molecule is OC1CCN(C2NN(c3ccc(Cl)cc3)c3cnccc32)CC1. The van der Waals surface area contributed by atoms with E-state index in [4.69, 9.17) is 11.6 Å². The number of nitrogens with one attached hydrogen (secondary N) is 1. The van der Waals surface area contributed by atoms with Crippen molar-refractivity contribution < 1.29 is 5.11 Å². The minimum Gasteiger partial charge on any atom is -0.393 e. The van der Waals surface area contributed by atoms with Crippen LogP contribution in [-0.2, 0) is 0 Å². The van der Waals surface area contributed by atoms with E-state index >= 15 is 0 Å². The average molecular weight is 331 g/mol. The molecule has 1 atom stereocenters. The number of hydrogen-bond acceptors (Lipinski definition) is 5. The van der Waals surface area contributed by atoms with E-state index in [9.17, 15) is 5.11 Å². The summed E-state index contributed by atoms with van der Waals surface area (Å²) in [6, 6.07) is 9.83. The summed E-state index contributed by atoms with van der Waals surface area (Å²) in [7, 11) is 0. The second-order valence-electron chi connectivity index (χ2n) is 6.05. The first-order valence-electron chi connectivity index (χ1n) is 7.90. The minimum absolute atomic E-state index is 0.108. The normalized spacial score (nSPS) is 22.3. The average Bonchev–Trinajstić information content (AvgIpc) is 2.96. The zero-order chi connectivity index (χ0) is 15.8. The summed E-state index contributed by atoms with van der Waals surface area (Å²) in [5, 5.41) is 12.5. The Hall–Kier alpha value is -1.66. The first kappa shape index (κ1) is 14.9. The van der Waals surface area contributed by atoms with Gasteiger partial charge in [0, 0.05) is 29.9 Å². The van der Waals surface area contributed by atoms with Crippen LogP contribution in [0.25, 0.3) is 0 Å². The minimum atomic E-state index is -0.170. The van der Waals surface area contributed by atoms with Crippen LogP contribution in [0.4, 0.5) is 11.4 Å². The molecule has 23 heavy (non-hydrogen) atoms. The molecule has 5 nitrogen and oxygen atoms in total. The molecule has 0 saturated carbocycles. The van der Waals surface area contributed by atoms with E-state index in [0.29, 0.717) is 0 Å². The monoisotopic (exact) mass is 330 g/mol. The largest absolute Gasteiger partial charge is 0.393 e. The molecular weight excluding hydrogens is 312 g/mol. The van der Waals surface area contributed by atoms with Crippen molar-refractivity contribution in [2.24, 2.45) is 0 Å². The highest BCUT2D eigenvalue weighted by atomic mass is 35.5. The van der Waals surface area contributed by atoms with Crippen LogP contribution >= 0.6 is 11.6 Å². The number of benzene rings is 1. The number of halogens is 1. The molecule has 4 rings (SSSR count). The molecule has 2 aromatic rings. The zero-order valence-corrected chi connectivity index (χ0v) is 13.4. The summed E-state index contributed by atoms with van der Waals surface area (Å²) in [5.74, 6) is 0. The first-order chi connectivity index (χ1) is 11.2. The van der Waals surface area contributed by atoms with Crippen molar-refractivity contribution in [2.75, 3.05) is 18.1 Å². The van der Waals surface area contributed by atoms with Crippen molar-refractivity contribution in [3.63, 3.8) is 0 Å². The fraction of sp³-hybridized carbons (Fsp3) is 0.353. The van der Waals surface area contributed by atoms with Crippen molar-refractivity contribution in [2.45, 2.75) is 25.1 Å². The summed E-state index contributed by atoms with van der Waals surface area (Å²) < 4.78 is 0. The summed E-state index contributed by atoms with van der Waals surface area (Å²) in [4.78, 5) is 6.65. The Morgan fingerprint density at radius 1 is 1.13 bits per heavy atom. The molecule has 2 aliphatic heterocycles. The van der Waals surface area contributed by atoms with Crippen LogP contribution in [0, 0.1) is 0 Å². The molecule has 2 aliphatic rings. The molecule has 0 amide bonds. The predicted octanol–water partition coefficient (Wildman–Crippen LogP) is 2.85. The van der Waals surface area contributed by atoms with Crippen LogP contribution in [0.15, 0.2) is 42.7 Å². The number of anilines is 2. The smallest absolute Gasteiger partial charge is 0.106 e. The van der Waals surface area contributed by atoms with Gasteiger partial charge in [-0.05, 0) is 43.2 Å². The van der Waals surface area contributed by atoms with Crippen molar-refractivity contribution in [3.05, 3.63) is 53.3 Å². The number of pyridine rings is 1. The Kier molecular flexibility index (Phi) is 3.95. The summed E-state index contributed by atoms with van der Waals surface area (Å²) >= 11 is 6.00. The second-order valence-corrected chi connectivity index (χ2v) is 6.48. The molecule has 1 aromatic carbocycles. The highest BCUT2D eigenvalue weighted by molar-refractivity contribution is 6.30. The highest BCUT2D eigenvalue weighted by Crippen LogP contribution is 2.39. The van der Waals surface area contributed by atoms with Gasteiger partial charge in [-0.15, -0.1) is 0 Å². The Balaban J connectivity index is 1.65. The van der Waals surface area contributed by atoms with Gasteiger partial charge in [0.1, 0.15) is 6.17 Å². The topological polar surface area (TPSA) is 51.6 Å². The number of hydrogen-bond donors (Lipinski definition) is 2. The molecule has 3 heterocycles. The van der Waals surface area contributed by atoms with Gasteiger partial charge in [0.25, 0.3) is 0 Å². The third-order valence-electron chi connectivity index (χ3n) is 4.57. The van der Waals surface area contributed by atoms with E-state index < -0.39 is 0 Å². The lowest BCUT2D eigenvalue weighted by Crippen LogP contribution is -2.44. The van der Waals surface area contributed by atoms with Gasteiger partial charge in [0.15, 0.2) is 0 Å². The molecule has 1 aromatic heterocycles. The van der Waals surface area contributed by atoms with E-state index in [2.05, 4.69) is 26.4 Å². The van der Waals surface area contributed by atoms with Crippen molar-refractivity contribution in [3.8, 4) is 0 Å².